The summed E-state index contributed by atoms with van der Waals surface area (Å²) >= 11 is 6.38. The Morgan fingerprint density at radius 1 is 1.30 bits per heavy atom. The molecule has 2 aliphatic rings. The number of amides is 1. The van der Waals surface area contributed by atoms with Crippen LogP contribution in [0.5, 0.6) is 0 Å². The first-order valence-corrected chi connectivity index (χ1v) is 13.7. The topological polar surface area (TPSA) is 132 Å². The van der Waals surface area contributed by atoms with E-state index < -0.39 is 6.09 Å². The van der Waals surface area contributed by atoms with Crippen molar-refractivity contribution in [2.75, 3.05) is 18.1 Å². The molecule has 10 nitrogen and oxygen atoms in total. The average Bonchev–Trinajstić information content (AvgIpc) is 3.29. The number of halogens is 1. The summed E-state index contributed by atoms with van der Waals surface area (Å²) in [5.74, 6) is 3.98. The van der Waals surface area contributed by atoms with Crippen LogP contribution in [0.1, 0.15) is 38.4 Å². The highest BCUT2D eigenvalue weighted by molar-refractivity contribution is 6.30. The number of aromatic nitrogens is 4. The van der Waals surface area contributed by atoms with E-state index in [4.69, 9.17) is 38.5 Å². The average molecular weight is 562 g/mol. The molecular formula is C29H32ClN7O3. The van der Waals surface area contributed by atoms with Crippen LogP contribution in [-0.4, -0.2) is 61.9 Å². The summed E-state index contributed by atoms with van der Waals surface area (Å²) in [6.07, 6.45) is 10.1. The van der Waals surface area contributed by atoms with Crippen LogP contribution in [0.3, 0.4) is 0 Å². The Hall–Kier alpha value is -3.94. The summed E-state index contributed by atoms with van der Waals surface area (Å²) in [7, 11) is 0. The summed E-state index contributed by atoms with van der Waals surface area (Å²) in [6.45, 7) is 7.84. The molecule has 3 N–H and O–H groups in total. The van der Waals surface area contributed by atoms with E-state index in [1.165, 1.54) is 0 Å². The molecule has 1 aromatic carbocycles. The van der Waals surface area contributed by atoms with Gasteiger partial charge in [-0.15, -0.1) is 18.9 Å². The number of hydrogen-bond donors (Lipinski definition) is 2. The second kappa shape index (κ2) is 11.7. The normalized spacial score (nSPS) is 23.6. The summed E-state index contributed by atoms with van der Waals surface area (Å²) in [5.41, 5.74) is 8.38. The molecule has 3 aromatic rings. The number of anilines is 1. The van der Waals surface area contributed by atoms with E-state index in [1.807, 2.05) is 18.2 Å². The lowest BCUT2D eigenvalue weighted by molar-refractivity contribution is 0.0809. The Labute approximate surface area is 237 Å². The van der Waals surface area contributed by atoms with Crippen molar-refractivity contribution < 1.29 is 14.6 Å². The zero-order valence-electron chi connectivity index (χ0n) is 22.3. The Morgan fingerprint density at radius 3 is 2.75 bits per heavy atom. The smallest absolute Gasteiger partial charge is 0.433 e. The maximum absolute atomic E-state index is 11.3. The molecule has 208 valence electrons. The molecular weight excluding hydrogens is 530 g/mol. The molecule has 0 bridgehead atoms. The molecule has 2 fully saturated rings. The largest absolute Gasteiger partial charge is 0.463 e. The maximum atomic E-state index is 11.3. The van der Waals surface area contributed by atoms with Crippen molar-refractivity contribution in [3.05, 3.63) is 47.8 Å². The number of nitrogens with two attached hydrogens (primary N) is 1. The number of imidazole rings is 1. The minimum Gasteiger partial charge on any atom is -0.463 e. The van der Waals surface area contributed by atoms with Crippen LogP contribution in [-0.2, 0) is 11.3 Å². The van der Waals surface area contributed by atoms with E-state index in [0.29, 0.717) is 53.5 Å². The Balaban J connectivity index is 1.75. The first-order chi connectivity index (χ1) is 19.3. The van der Waals surface area contributed by atoms with Gasteiger partial charge in [0.05, 0.1) is 25.3 Å². The molecule has 2 unspecified atom stereocenters. The highest BCUT2D eigenvalue weighted by Gasteiger charge is 2.33. The predicted molar refractivity (Wildman–Crippen MR) is 156 cm³/mol. The van der Waals surface area contributed by atoms with Gasteiger partial charge in [-0.3, -0.25) is 0 Å². The molecule has 2 atom stereocenters. The zero-order chi connectivity index (χ0) is 28.4. The van der Waals surface area contributed by atoms with Gasteiger partial charge in [-0.2, -0.15) is 9.98 Å². The molecule has 1 saturated carbocycles. The quantitative estimate of drug-likeness (QED) is 0.191. The van der Waals surface area contributed by atoms with Crippen LogP contribution in [0, 0.1) is 24.2 Å². The molecule has 0 spiro atoms. The van der Waals surface area contributed by atoms with Crippen LogP contribution in [0.25, 0.3) is 22.4 Å². The third-order valence-corrected chi connectivity index (χ3v) is 7.87. The van der Waals surface area contributed by atoms with E-state index in [0.717, 1.165) is 37.2 Å². The molecule has 1 amide bonds. The van der Waals surface area contributed by atoms with Gasteiger partial charge >= 0.3 is 6.09 Å². The van der Waals surface area contributed by atoms with Crippen LogP contribution >= 0.6 is 11.6 Å². The lowest BCUT2D eigenvalue weighted by atomic mass is 9.82. The maximum Gasteiger partial charge on any atom is 0.433 e. The van der Waals surface area contributed by atoms with Crippen LogP contribution in [0.2, 0.25) is 5.02 Å². The van der Waals surface area contributed by atoms with Gasteiger partial charge in [0.15, 0.2) is 17.3 Å². The fourth-order valence-corrected chi connectivity index (χ4v) is 5.83. The summed E-state index contributed by atoms with van der Waals surface area (Å²) in [5, 5.41) is 9.74. The molecule has 11 heteroatoms. The van der Waals surface area contributed by atoms with Crippen molar-refractivity contribution in [3.63, 3.8) is 0 Å². The standard InChI is InChI=1S/C29H32ClN7O3/c1-4-18-9-11-19(12-10-18)14-36-24-23(20-7-6-8-21(30)13-20)32-27(25(31)33-29(38)39)34-26(24)35-28(36)37-17(3)15-40-16-22(37)5-2/h1,5-8,13,17-19,22H,2,9-12,14-16H2,3H3,(H2,31,33)(H,38,39). The fourth-order valence-electron chi connectivity index (χ4n) is 5.64. The number of amidine groups is 1. The number of ether oxygens (including phenoxy) is 1. The van der Waals surface area contributed by atoms with Gasteiger partial charge in [-0.25, -0.2) is 14.8 Å². The molecule has 1 aliphatic heterocycles. The first kappa shape index (κ1) is 27.6. The number of carboxylic acid groups (broad SMARTS) is 1. The van der Waals surface area contributed by atoms with E-state index >= 15 is 0 Å². The van der Waals surface area contributed by atoms with Crippen molar-refractivity contribution in [3.8, 4) is 23.6 Å². The summed E-state index contributed by atoms with van der Waals surface area (Å²) < 4.78 is 8.00. The SMILES string of the molecule is C#CC1CCC(Cn2c(N3C(C)COCC3C=C)nc3nc(C(N)=NC(=O)O)nc(-c4cccc(Cl)c4)c32)CC1. The Morgan fingerprint density at radius 2 is 2.08 bits per heavy atom. The number of hydrogen-bond acceptors (Lipinski definition) is 6. The second-order valence-electron chi connectivity index (χ2n) is 10.4. The van der Waals surface area contributed by atoms with E-state index in [1.54, 1.807) is 12.1 Å². The zero-order valence-corrected chi connectivity index (χ0v) is 23.1. The summed E-state index contributed by atoms with van der Waals surface area (Å²) in [4.78, 5) is 31.3. The minimum absolute atomic E-state index is 0.0187. The predicted octanol–water partition coefficient (Wildman–Crippen LogP) is 4.75. The van der Waals surface area contributed by atoms with E-state index in [2.05, 4.69) is 38.9 Å². The summed E-state index contributed by atoms with van der Waals surface area (Å²) in [6, 6.07) is 7.22. The molecule has 40 heavy (non-hydrogen) atoms. The molecule has 5 rings (SSSR count). The van der Waals surface area contributed by atoms with E-state index in [-0.39, 0.29) is 23.7 Å². The first-order valence-electron chi connectivity index (χ1n) is 13.4. The number of benzene rings is 1. The number of rotatable bonds is 6. The number of fused-ring (bicyclic) bond motifs is 1. The number of terminal acetylenes is 1. The van der Waals surface area contributed by atoms with Crippen molar-refractivity contribution in [1.29, 1.82) is 0 Å². The lowest BCUT2D eigenvalue weighted by Gasteiger charge is -2.40. The lowest BCUT2D eigenvalue weighted by Crippen LogP contribution is -2.51. The van der Waals surface area contributed by atoms with Gasteiger partial charge in [0.25, 0.3) is 0 Å². The van der Waals surface area contributed by atoms with Gasteiger partial charge in [-0.05, 0) is 50.7 Å². The highest BCUT2D eigenvalue weighted by atomic mass is 35.5. The van der Waals surface area contributed by atoms with E-state index in [9.17, 15) is 9.90 Å². The second-order valence-corrected chi connectivity index (χ2v) is 10.8. The number of aliphatic imine (C=N–C) groups is 1. The monoisotopic (exact) mass is 561 g/mol. The van der Waals surface area contributed by atoms with Crippen LogP contribution < -0.4 is 10.6 Å². The third kappa shape index (κ3) is 5.53. The number of morpholine rings is 1. The Bertz CT molecular complexity index is 1500. The number of carbonyl (C=O) groups is 1. The van der Waals surface area contributed by atoms with Gasteiger partial charge in [0, 0.05) is 23.0 Å². The van der Waals surface area contributed by atoms with Gasteiger partial charge in [-0.1, -0.05) is 29.8 Å². The van der Waals surface area contributed by atoms with Crippen molar-refractivity contribution >= 4 is 40.6 Å². The highest BCUT2D eigenvalue weighted by Crippen LogP contribution is 2.37. The molecule has 1 aliphatic carbocycles. The van der Waals surface area contributed by atoms with Crippen LogP contribution in [0.4, 0.5) is 10.7 Å². The number of nitrogens with zero attached hydrogens (tertiary/aromatic N) is 6. The van der Waals surface area contributed by atoms with Gasteiger partial charge in [0.2, 0.25) is 5.95 Å². The fraction of sp³-hybridized carbons (Fsp3) is 0.414. The van der Waals surface area contributed by atoms with Crippen LogP contribution in [0.15, 0.2) is 41.9 Å². The van der Waals surface area contributed by atoms with Gasteiger partial charge < -0.3 is 25.0 Å². The molecule has 2 aromatic heterocycles. The third-order valence-electron chi connectivity index (χ3n) is 7.63. The van der Waals surface area contributed by atoms with Crippen molar-refractivity contribution in [2.45, 2.75) is 51.2 Å². The molecule has 0 radical (unpaired) electrons. The Kier molecular flexibility index (Phi) is 8.05. The molecule has 3 heterocycles. The van der Waals surface area contributed by atoms with Gasteiger partial charge in [0.1, 0.15) is 11.2 Å². The molecule has 1 saturated heterocycles. The minimum atomic E-state index is -1.43. The van der Waals surface area contributed by atoms with Crippen molar-refractivity contribution in [1.82, 2.24) is 19.5 Å². The van der Waals surface area contributed by atoms with Crippen molar-refractivity contribution in [2.24, 2.45) is 22.6 Å².